The Hall–Kier alpha value is -3.05. The monoisotopic (exact) mass is 481 g/mol. The summed E-state index contributed by atoms with van der Waals surface area (Å²) in [4.78, 5) is 16.7. The van der Waals surface area contributed by atoms with E-state index in [4.69, 9.17) is 0 Å². The van der Waals surface area contributed by atoms with Crippen molar-refractivity contribution in [2.75, 3.05) is 36.0 Å². The van der Waals surface area contributed by atoms with Crippen LogP contribution in [0.5, 0.6) is 0 Å². The third kappa shape index (κ3) is 4.49. The molecule has 0 bridgehead atoms. The zero-order valence-electron chi connectivity index (χ0n) is 18.3. The molecule has 2 aliphatic rings. The third-order valence-corrected chi connectivity index (χ3v) is 7.02. The maximum absolute atomic E-state index is 12.8. The lowest BCUT2D eigenvalue weighted by atomic mass is 9.71. The van der Waals surface area contributed by atoms with E-state index in [-0.39, 0.29) is 5.41 Å². The van der Waals surface area contributed by atoms with Crippen LogP contribution in [0, 0.1) is 5.41 Å². The zero-order valence-corrected chi connectivity index (χ0v) is 18.3. The average Bonchev–Trinajstić information content (AvgIpc) is 3.21. The summed E-state index contributed by atoms with van der Waals surface area (Å²) in [6.45, 7) is 2.59. The molecule has 182 valence electrons. The second-order valence-corrected chi connectivity index (χ2v) is 9.03. The number of anilines is 2. The van der Waals surface area contributed by atoms with Gasteiger partial charge in [0.05, 0.1) is 24.3 Å². The molecule has 34 heavy (non-hydrogen) atoms. The minimum Gasteiger partial charge on any atom is -0.370 e. The van der Waals surface area contributed by atoms with Gasteiger partial charge in [-0.05, 0) is 43.2 Å². The number of halogens is 5. The van der Waals surface area contributed by atoms with Crippen molar-refractivity contribution in [1.29, 1.82) is 0 Å². The van der Waals surface area contributed by atoms with Crippen LogP contribution in [-0.2, 0) is 12.7 Å². The van der Waals surface area contributed by atoms with Gasteiger partial charge in [-0.1, -0.05) is 0 Å². The van der Waals surface area contributed by atoms with Crippen molar-refractivity contribution in [3.05, 3.63) is 36.4 Å². The first-order valence-corrected chi connectivity index (χ1v) is 11.2. The molecule has 2 fully saturated rings. The van der Waals surface area contributed by atoms with Crippen molar-refractivity contribution in [3.63, 3.8) is 0 Å². The van der Waals surface area contributed by atoms with Gasteiger partial charge in [-0.15, -0.1) is 0 Å². The number of hydrogen-bond donors (Lipinski definition) is 0. The van der Waals surface area contributed by atoms with Crippen molar-refractivity contribution in [2.24, 2.45) is 5.41 Å². The Kier molecular flexibility index (Phi) is 5.76. The Bertz CT molecular complexity index is 1130. The molecule has 2 saturated heterocycles. The molecule has 0 atom stereocenters. The van der Waals surface area contributed by atoms with Gasteiger partial charge in [-0.25, -0.2) is 28.4 Å². The van der Waals surface area contributed by atoms with Gasteiger partial charge in [0.25, 0.3) is 6.43 Å². The summed E-state index contributed by atoms with van der Waals surface area (Å²) < 4.78 is 65.1. The summed E-state index contributed by atoms with van der Waals surface area (Å²) in [5.41, 5.74) is 0.862. The smallest absolute Gasteiger partial charge is 0.370 e. The molecule has 5 heterocycles. The lowest BCUT2D eigenvalue weighted by molar-refractivity contribution is -0.141. The molecular formula is C22H24F5N7. The molecule has 0 saturated carbocycles. The summed E-state index contributed by atoms with van der Waals surface area (Å²) in [7, 11) is 0. The second kappa shape index (κ2) is 8.62. The Morgan fingerprint density at radius 2 is 1.56 bits per heavy atom. The molecule has 3 aromatic heterocycles. The zero-order chi connectivity index (χ0) is 23.9. The summed E-state index contributed by atoms with van der Waals surface area (Å²) >= 11 is 0. The van der Waals surface area contributed by atoms with Crippen molar-refractivity contribution >= 4 is 22.7 Å². The molecule has 5 rings (SSSR count). The largest absolute Gasteiger partial charge is 0.433 e. The van der Waals surface area contributed by atoms with E-state index in [1.54, 1.807) is 6.20 Å². The van der Waals surface area contributed by atoms with Crippen LogP contribution in [0.4, 0.5) is 33.5 Å². The Morgan fingerprint density at radius 1 is 0.882 bits per heavy atom. The molecule has 0 aliphatic carbocycles. The highest BCUT2D eigenvalue weighted by molar-refractivity contribution is 5.71. The van der Waals surface area contributed by atoms with Gasteiger partial charge >= 0.3 is 6.18 Å². The number of alkyl halides is 5. The van der Waals surface area contributed by atoms with Gasteiger partial charge in [-0.3, -0.25) is 0 Å². The van der Waals surface area contributed by atoms with E-state index in [2.05, 4.69) is 29.9 Å². The van der Waals surface area contributed by atoms with Crippen LogP contribution in [0.1, 0.15) is 31.4 Å². The van der Waals surface area contributed by atoms with Gasteiger partial charge in [0, 0.05) is 26.2 Å². The van der Waals surface area contributed by atoms with E-state index in [1.165, 1.54) is 23.1 Å². The second-order valence-electron chi connectivity index (χ2n) is 9.03. The summed E-state index contributed by atoms with van der Waals surface area (Å²) in [6.07, 6.45) is 1.28. The lowest BCUT2D eigenvalue weighted by Crippen LogP contribution is -2.47. The van der Waals surface area contributed by atoms with E-state index in [1.807, 2.05) is 0 Å². The SMILES string of the molecule is FC(F)Cn1ncc2ncc(N3CCC4(CCN(c5ccc(C(F)(F)F)nc5)CC4)CC3)nc21. The molecular weight excluding hydrogens is 457 g/mol. The van der Waals surface area contributed by atoms with Gasteiger partial charge in [0.2, 0.25) is 0 Å². The molecule has 0 N–H and O–H groups in total. The first-order chi connectivity index (χ1) is 16.2. The normalized spacial score (nSPS) is 18.9. The number of piperidine rings is 2. The first-order valence-electron chi connectivity index (χ1n) is 11.2. The third-order valence-electron chi connectivity index (χ3n) is 7.02. The van der Waals surface area contributed by atoms with Crippen LogP contribution in [0.25, 0.3) is 11.2 Å². The summed E-state index contributed by atoms with van der Waals surface area (Å²) in [6, 6.07) is 2.52. The van der Waals surface area contributed by atoms with Crippen molar-refractivity contribution in [3.8, 4) is 0 Å². The number of nitrogens with zero attached hydrogens (tertiary/aromatic N) is 7. The fraction of sp³-hybridized carbons (Fsp3) is 0.545. The van der Waals surface area contributed by atoms with E-state index in [0.29, 0.717) is 22.7 Å². The van der Waals surface area contributed by atoms with Gasteiger partial charge in [-0.2, -0.15) is 18.3 Å². The molecule has 3 aromatic rings. The molecule has 0 aromatic carbocycles. The van der Waals surface area contributed by atoms with Crippen molar-refractivity contribution < 1.29 is 22.0 Å². The van der Waals surface area contributed by atoms with Crippen LogP contribution >= 0.6 is 0 Å². The van der Waals surface area contributed by atoms with Crippen LogP contribution in [-0.4, -0.2) is 57.3 Å². The topological polar surface area (TPSA) is 63.0 Å². The summed E-state index contributed by atoms with van der Waals surface area (Å²) in [5.74, 6) is 0.659. The van der Waals surface area contributed by atoms with E-state index in [9.17, 15) is 22.0 Å². The standard InChI is InChI=1S/C22H24F5N7/c23-18(24)14-34-20-16(12-30-34)28-13-19(31-20)33-9-5-21(6-10-33)3-7-32(8-4-21)15-1-2-17(29-11-15)22(25,26)27/h1-2,11-13,18H,3-10,14H2. The molecule has 1 spiro atoms. The average molecular weight is 481 g/mol. The van der Waals surface area contributed by atoms with Crippen molar-refractivity contribution in [2.45, 2.75) is 44.8 Å². The van der Waals surface area contributed by atoms with Gasteiger partial charge in [0.1, 0.15) is 23.6 Å². The van der Waals surface area contributed by atoms with Crippen LogP contribution in [0.2, 0.25) is 0 Å². The number of rotatable bonds is 4. The predicted octanol–water partition coefficient (Wildman–Crippen LogP) is 4.39. The van der Waals surface area contributed by atoms with Crippen molar-refractivity contribution in [1.82, 2.24) is 24.7 Å². The molecule has 0 unspecified atom stereocenters. The quantitative estimate of drug-likeness (QED) is 0.515. The molecule has 7 nitrogen and oxygen atoms in total. The maximum atomic E-state index is 12.8. The number of fused-ring (bicyclic) bond motifs is 1. The van der Waals surface area contributed by atoms with Crippen LogP contribution in [0.3, 0.4) is 0 Å². The minimum absolute atomic E-state index is 0.182. The molecule has 0 amide bonds. The van der Waals surface area contributed by atoms with Crippen LogP contribution in [0.15, 0.2) is 30.7 Å². The highest BCUT2D eigenvalue weighted by Crippen LogP contribution is 2.43. The summed E-state index contributed by atoms with van der Waals surface area (Å²) in [5, 5.41) is 3.97. The van der Waals surface area contributed by atoms with E-state index in [0.717, 1.165) is 57.9 Å². The Morgan fingerprint density at radius 3 is 2.15 bits per heavy atom. The predicted molar refractivity (Wildman–Crippen MR) is 116 cm³/mol. The van der Waals surface area contributed by atoms with E-state index >= 15 is 0 Å². The molecule has 2 aliphatic heterocycles. The Balaban J connectivity index is 1.20. The van der Waals surface area contributed by atoms with Gasteiger partial charge in [0.15, 0.2) is 5.65 Å². The number of hydrogen-bond acceptors (Lipinski definition) is 6. The van der Waals surface area contributed by atoms with Crippen LogP contribution < -0.4 is 9.80 Å². The lowest BCUT2D eigenvalue weighted by Gasteiger charge is -2.47. The number of pyridine rings is 1. The van der Waals surface area contributed by atoms with Gasteiger partial charge < -0.3 is 9.80 Å². The fourth-order valence-corrected chi connectivity index (χ4v) is 4.95. The maximum Gasteiger partial charge on any atom is 0.433 e. The number of aromatic nitrogens is 5. The fourth-order valence-electron chi connectivity index (χ4n) is 4.95. The highest BCUT2D eigenvalue weighted by atomic mass is 19.4. The Labute approximate surface area is 192 Å². The minimum atomic E-state index is -4.43. The first kappa shape index (κ1) is 22.7. The molecule has 0 radical (unpaired) electrons. The van der Waals surface area contributed by atoms with E-state index < -0.39 is 24.8 Å². The highest BCUT2D eigenvalue weighted by Gasteiger charge is 2.38. The molecule has 12 heteroatoms.